The van der Waals surface area contributed by atoms with Gasteiger partial charge in [0.05, 0.1) is 19.8 Å². The van der Waals surface area contributed by atoms with Crippen molar-refractivity contribution in [3.63, 3.8) is 0 Å². The van der Waals surface area contributed by atoms with Gasteiger partial charge in [0, 0.05) is 55.4 Å². The molecule has 0 aliphatic carbocycles. The van der Waals surface area contributed by atoms with Gasteiger partial charge in [-0.15, -0.1) is 0 Å². The molecule has 0 spiro atoms. The quantitative estimate of drug-likeness (QED) is 0.305. The van der Waals surface area contributed by atoms with Gasteiger partial charge in [0.25, 0.3) is 0 Å². The van der Waals surface area contributed by atoms with Crippen molar-refractivity contribution in [3.8, 4) is 22.6 Å². The summed E-state index contributed by atoms with van der Waals surface area (Å²) in [5.74, 6) is 1.37. The number of para-hydroxylation sites is 1. The summed E-state index contributed by atoms with van der Waals surface area (Å²) in [6.07, 6.45) is 2.66. The molecular formula is C35H44ClFN4O3. The van der Waals surface area contributed by atoms with E-state index in [0.29, 0.717) is 50.6 Å². The number of piperidine rings is 1. The van der Waals surface area contributed by atoms with Crippen LogP contribution in [0.5, 0.6) is 11.5 Å². The van der Waals surface area contributed by atoms with Crippen LogP contribution in [-0.2, 0) is 17.8 Å². The summed E-state index contributed by atoms with van der Waals surface area (Å²) >= 11 is 6.40. The Morgan fingerprint density at radius 3 is 2.41 bits per heavy atom. The Bertz CT molecular complexity index is 1410. The van der Waals surface area contributed by atoms with Gasteiger partial charge in [-0.25, -0.2) is 4.39 Å². The molecule has 7 nitrogen and oxygen atoms in total. The van der Waals surface area contributed by atoms with Gasteiger partial charge >= 0.3 is 0 Å². The maximum absolute atomic E-state index is 14.5. The molecule has 9 heteroatoms. The number of likely N-dealkylation sites (tertiary alicyclic amines) is 1. The van der Waals surface area contributed by atoms with Gasteiger partial charge in [-0.05, 0) is 86.7 Å². The first-order valence-electron chi connectivity index (χ1n) is 15.7. The molecule has 2 heterocycles. The Hall–Kier alpha value is -3.17. The van der Waals surface area contributed by atoms with E-state index >= 15 is 0 Å². The lowest BCUT2D eigenvalue weighted by Gasteiger charge is -2.39. The van der Waals surface area contributed by atoms with Crippen LogP contribution in [0.1, 0.15) is 30.9 Å². The molecule has 2 aliphatic heterocycles. The van der Waals surface area contributed by atoms with E-state index in [1.807, 2.05) is 42.2 Å². The van der Waals surface area contributed by atoms with Gasteiger partial charge in [0.2, 0.25) is 5.91 Å². The molecule has 3 aromatic carbocycles. The Morgan fingerprint density at radius 2 is 1.68 bits per heavy atom. The van der Waals surface area contributed by atoms with Crippen molar-refractivity contribution >= 4 is 17.5 Å². The van der Waals surface area contributed by atoms with Crippen LogP contribution in [0.15, 0.2) is 60.7 Å². The molecule has 2 N–H and O–H groups in total. The first-order chi connectivity index (χ1) is 21.4. The Labute approximate surface area is 265 Å². The van der Waals surface area contributed by atoms with Crippen molar-refractivity contribution in [2.75, 3.05) is 59.5 Å². The number of amides is 1. The van der Waals surface area contributed by atoms with Crippen LogP contribution in [0.25, 0.3) is 11.1 Å². The zero-order chi connectivity index (χ0) is 31.1. The highest BCUT2D eigenvalue weighted by Crippen LogP contribution is 2.34. The summed E-state index contributed by atoms with van der Waals surface area (Å²) < 4.78 is 25.8. The van der Waals surface area contributed by atoms with E-state index in [9.17, 15) is 9.18 Å². The van der Waals surface area contributed by atoms with E-state index in [-0.39, 0.29) is 17.6 Å². The minimum absolute atomic E-state index is 0.0318. The molecule has 2 fully saturated rings. The largest absolute Gasteiger partial charge is 0.496 e. The Kier molecular flexibility index (Phi) is 11.1. The molecule has 44 heavy (non-hydrogen) atoms. The minimum Gasteiger partial charge on any atom is -0.496 e. The second-order valence-electron chi connectivity index (χ2n) is 11.7. The number of carbonyl (C=O) groups excluding carboxylic acids is 1. The number of nitrogens with two attached hydrogens (primary N) is 1. The summed E-state index contributed by atoms with van der Waals surface area (Å²) in [6.45, 7) is 8.13. The zero-order valence-electron chi connectivity index (χ0n) is 25.8. The lowest BCUT2D eigenvalue weighted by molar-refractivity contribution is -0.136. The molecule has 2 aliphatic rings. The Balaban J connectivity index is 1.10. The molecule has 2 saturated heterocycles. The Morgan fingerprint density at radius 1 is 0.955 bits per heavy atom. The van der Waals surface area contributed by atoms with Crippen molar-refractivity contribution in [2.45, 2.75) is 38.8 Å². The third-order valence-electron chi connectivity index (χ3n) is 9.03. The van der Waals surface area contributed by atoms with Crippen LogP contribution in [0, 0.1) is 11.7 Å². The van der Waals surface area contributed by atoms with E-state index < -0.39 is 6.04 Å². The summed E-state index contributed by atoms with van der Waals surface area (Å²) in [6, 6.07) is 18.6. The topological polar surface area (TPSA) is 71.3 Å². The minimum atomic E-state index is -0.495. The van der Waals surface area contributed by atoms with Crippen LogP contribution in [0.3, 0.4) is 0 Å². The van der Waals surface area contributed by atoms with Gasteiger partial charge in [0.1, 0.15) is 17.3 Å². The van der Waals surface area contributed by atoms with Crippen LogP contribution in [-0.4, -0.2) is 86.2 Å². The highest BCUT2D eigenvalue weighted by atomic mass is 35.5. The van der Waals surface area contributed by atoms with Crippen molar-refractivity contribution in [1.82, 2.24) is 14.7 Å². The fourth-order valence-corrected chi connectivity index (χ4v) is 6.65. The molecule has 1 amide bonds. The summed E-state index contributed by atoms with van der Waals surface area (Å²) in [4.78, 5) is 19.9. The average Bonchev–Trinajstić information content (AvgIpc) is 3.05. The fourth-order valence-electron chi connectivity index (χ4n) is 6.46. The first kappa shape index (κ1) is 32.2. The number of ether oxygens (including phenoxy) is 2. The van der Waals surface area contributed by atoms with E-state index in [4.69, 9.17) is 26.8 Å². The number of hydrogen-bond acceptors (Lipinski definition) is 6. The van der Waals surface area contributed by atoms with E-state index in [1.165, 1.54) is 11.6 Å². The second kappa shape index (κ2) is 15.2. The average molecular weight is 623 g/mol. The fraction of sp³-hybridized carbons (Fsp3) is 0.457. The van der Waals surface area contributed by atoms with Gasteiger partial charge in [-0.3, -0.25) is 9.69 Å². The standard InChI is InChI=1S/C35H44ClFN4O3/c1-3-44-33-10-6-8-31(37)30(33)24-40-19-21-41(22-20-40)35(42)34(38)25-13-16-39(17-14-25)18-15-26-23-27(36)11-12-28(26)29-7-4-5-9-32(29)43-2/h4-12,23,25,34H,3,13-22,24,38H2,1-2H3/t34-/m1/s1. The molecule has 1 atom stereocenters. The monoisotopic (exact) mass is 622 g/mol. The molecule has 3 aromatic rings. The SMILES string of the molecule is CCOc1cccc(F)c1CN1CCN(C(=O)[C@H](N)C2CCN(CCc3cc(Cl)ccc3-c3ccccc3OC)CC2)CC1. The molecule has 236 valence electrons. The van der Waals surface area contributed by atoms with E-state index in [1.54, 1.807) is 13.2 Å². The molecule has 5 rings (SSSR count). The smallest absolute Gasteiger partial charge is 0.239 e. The predicted octanol–water partition coefficient (Wildman–Crippen LogP) is 5.48. The lowest BCUT2D eigenvalue weighted by atomic mass is 9.88. The summed E-state index contributed by atoms with van der Waals surface area (Å²) in [5.41, 5.74) is 10.5. The van der Waals surface area contributed by atoms with Crippen LogP contribution in [0.2, 0.25) is 5.02 Å². The number of carbonyl (C=O) groups is 1. The van der Waals surface area contributed by atoms with Crippen LogP contribution in [0.4, 0.5) is 4.39 Å². The van der Waals surface area contributed by atoms with Gasteiger partial charge < -0.3 is 25.0 Å². The van der Waals surface area contributed by atoms with Gasteiger partial charge in [-0.1, -0.05) is 41.9 Å². The number of benzene rings is 3. The molecular weight excluding hydrogens is 579 g/mol. The van der Waals surface area contributed by atoms with E-state index in [0.717, 1.165) is 60.8 Å². The summed E-state index contributed by atoms with van der Waals surface area (Å²) in [5, 5.41) is 0.727. The molecule has 0 bridgehead atoms. The first-order valence-corrected chi connectivity index (χ1v) is 16.1. The highest BCUT2D eigenvalue weighted by Gasteiger charge is 2.33. The van der Waals surface area contributed by atoms with Crippen molar-refractivity contribution in [1.29, 1.82) is 0 Å². The number of halogens is 2. The molecule has 0 saturated carbocycles. The molecule has 0 unspecified atom stereocenters. The number of nitrogens with zero attached hydrogens (tertiary/aromatic N) is 3. The number of rotatable bonds is 11. The number of piperazine rings is 1. The van der Waals surface area contributed by atoms with Crippen LogP contribution < -0.4 is 15.2 Å². The van der Waals surface area contributed by atoms with Crippen molar-refractivity contribution in [2.24, 2.45) is 11.7 Å². The highest BCUT2D eigenvalue weighted by molar-refractivity contribution is 6.30. The maximum Gasteiger partial charge on any atom is 0.239 e. The van der Waals surface area contributed by atoms with Crippen molar-refractivity contribution in [3.05, 3.63) is 82.6 Å². The second-order valence-corrected chi connectivity index (χ2v) is 12.1. The molecule has 0 radical (unpaired) electrons. The van der Waals surface area contributed by atoms with Gasteiger partial charge in [0.15, 0.2) is 0 Å². The lowest BCUT2D eigenvalue weighted by Crippen LogP contribution is -2.55. The zero-order valence-corrected chi connectivity index (χ0v) is 26.6. The third kappa shape index (κ3) is 7.72. The number of methoxy groups -OCH3 is 1. The van der Waals surface area contributed by atoms with E-state index in [2.05, 4.69) is 28.0 Å². The number of hydrogen-bond donors (Lipinski definition) is 1. The molecule has 0 aromatic heterocycles. The normalized spacial score (nSPS) is 17.4. The summed E-state index contributed by atoms with van der Waals surface area (Å²) in [7, 11) is 1.70. The van der Waals surface area contributed by atoms with Gasteiger partial charge in [-0.2, -0.15) is 0 Å². The predicted molar refractivity (Wildman–Crippen MR) is 174 cm³/mol. The van der Waals surface area contributed by atoms with Crippen molar-refractivity contribution < 1.29 is 18.7 Å². The third-order valence-corrected chi connectivity index (χ3v) is 9.26. The maximum atomic E-state index is 14.5. The van der Waals surface area contributed by atoms with Crippen LogP contribution >= 0.6 is 11.6 Å².